The minimum atomic E-state index is 0.637. The molecule has 0 spiro atoms. The summed E-state index contributed by atoms with van der Waals surface area (Å²) in [6.07, 6.45) is 7.03. The van der Waals surface area contributed by atoms with Crippen LogP contribution in [0.1, 0.15) is 48.2 Å². The molecule has 2 aliphatic carbocycles. The van der Waals surface area contributed by atoms with E-state index in [1.165, 1.54) is 30.5 Å². The van der Waals surface area contributed by atoms with E-state index in [0.717, 1.165) is 18.8 Å². The van der Waals surface area contributed by atoms with Crippen LogP contribution in [0.15, 0.2) is 6.20 Å². The van der Waals surface area contributed by atoms with Gasteiger partial charge in [0.25, 0.3) is 0 Å². The van der Waals surface area contributed by atoms with Crippen molar-refractivity contribution in [3.63, 3.8) is 0 Å². The van der Waals surface area contributed by atoms with E-state index in [9.17, 15) is 0 Å². The first-order valence-corrected chi connectivity index (χ1v) is 5.89. The molecule has 3 rings (SSSR count). The highest BCUT2D eigenvalue weighted by molar-refractivity contribution is 5.29. The summed E-state index contributed by atoms with van der Waals surface area (Å²) in [4.78, 5) is 9.21. The van der Waals surface area contributed by atoms with E-state index in [4.69, 9.17) is 4.98 Å². The molecule has 0 aliphatic heterocycles. The normalized spacial score (nSPS) is 24.2. The zero-order chi connectivity index (χ0) is 10.3. The molecule has 15 heavy (non-hydrogen) atoms. The number of fused-ring (bicyclic) bond motifs is 1. The van der Waals surface area contributed by atoms with Crippen LogP contribution in [0.4, 0.5) is 0 Å². The Balaban J connectivity index is 1.87. The minimum absolute atomic E-state index is 0.637. The first-order valence-electron chi connectivity index (χ1n) is 5.89. The topological polar surface area (TPSA) is 37.8 Å². The third-order valence-electron chi connectivity index (χ3n) is 3.48. The van der Waals surface area contributed by atoms with E-state index in [-0.39, 0.29) is 0 Å². The Morgan fingerprint density at radius 3 is 3.00 bits per heavy atom. The first kappa shape index (κ1) is 9.28. The van der Waals surface area contributed by atoms with Crippen LogP contribution in [0.5, 0.6) is 0 Å². The van der Waals surface area contributed by atoms with E-state index >= 15 is 0 Å². The van der Waals surface area contributed by atoms with Gasteiger partial charge >= 0.3 is 0 Å². The molecule has 1 saturated carbocycles. The molecular weight excluding hydrogens is 186 g/mol. The van der Waals surface area contributed by atoms with Crippen molar-refractivity contribution in [1.29, 1.82) is 0 Å². The van der Waals surface area contributed by atoms with Crippen molar-refractivity contribution in [2.24, 2.45) is 0 Å². The van der Waals surface area contributed by atoms with Crippen molar-refractivity contribution in [2.45, 2.75) is 37.5 Å². The zero-order valence-electron chi connectivity index (χ0n) is 9.16. The third kappa shape index (κ3) is 1.65. The van der Waals surface area contributed by atoms with Gasteiger partial charge < -0.3 is 5.32 Å². The maximum Gasteiger partial charge on any atom is 0.131 e. The van der Waals surface area contributed by atoms with E-state index in [2.05, 4.69) is 16.5 Å². The SMILES string of the molecule is CNCC1CCc2nc(C3CC3)ncc21. The van der Waals surface area contributed by atoms with E-state index in [1.807, 2.05) is 7.05 Å². The molecule has 1 aromatic heterocycles. The Kier molecular flexibility index (Phi) is 2.20. The highest BCUT2D eigenvalue weighted by Crippen LogP contribution is 2.39. The maximum absolute atomic E-state index is 4.71. The van der Waals surface area contributed by atoms with Gasteiger partial charge in [-0.3, -0.25) is 0 Å². The van der Waals surface area contributed by atoms with Crippen molar-refractivity contribution in [3.05, 3.63) is 23.3 Å². The second-order valence-electron chi connectivity index (χ2n) is 4.70. The quantitative estimate of drug-likeness (QED) is 0.811. The van der Waals surface area contributed by atoms with Crippen LogP contribution in [0, 0.1) is 0 Å². The van der Waals surface area contributed by atoms with E-state index in [1.54, 1.807) is 0 Å². The summed E-state index contributed by atoms with van der Waals surface area (Å²) in [6, 6.07) is 0. The molecule has 80 valence electrons. The number of nitrogens with one attached hydrogen (secondary N) is 1. The largest absolute Gasteiger partial charge is 0.319 e. The Morgan fingerprint density at radius 1 is 1.40 bits per heavy atom. The lowest BCUT2D eigenvalue weighted by molar-refractivity contribution is 0.622. The summed E-state index contributed by atoms with van der Waals surface area (Å²) in [5.74, 6) is 2.41. The lowest BCUT2D eigenvalue weighted by atomic mass is 10.0. The van der Waals surface area contributed by atoms with Crippen LogP contribution in [-0.4, -0.2) is 23.6 Å². The molecule has 0 aromatic carbocycles. The van der Waals surface area contributed by atoms with Gasteiger partial charge in [-0.05, 0) is 38.3 Å². The first-order chi connectivity index (χ1) is 7.38. The fraction of sp³-hybridized carbons (Fsp3) is 0.667. The Labute approximate surface area is 90.3 Å². The highest BCUT2D eigenvalue weighted by atomic mass is 14.9. The molecule has 1 N–H and O–H groups in total. The Morgan fingerprint density at radius 2 is 2.27 bits per heavy atom. The van der Waals surface area contributed by atoms with Gasteiger partial charge in [-0.15, -0.1) is 0 Å². The number of hydrogen-bond donors (Lipinski definition) is 1. The Bertz CT molecular complexity index is 371. The van der Waals surface area contributed by atoms with Gasteiger partial charge in [0, 0.05) is 30.3 Å². The summed E-state index contributed by atoms with van der Waals surface area (Å²) in [6.45, 7) is 1.05. The van der Waals surface area contributed by atoms with Gasteiger partial charge in [0.1, 0.15) is 5.82 Å². The third-order valence-corrected chi connectivity index (χ3v) is 3.48. The van der Waals surface area contributed by atoms with Crippen molar-refractivity contribution in [2.75, 3.05) is 13.6 Å². The predicted octanol–water partition coefficient (Wildman–Crippen LogP) is 1.60. The highest BCUT2D eigenvalue weighted by Gasteiger charge is 2.29. The molecule has 0 radical (unpaired) electrons. The standard InChI is InChI=1S/C12H17N3/c1-13-6-9-4-5-11-10(9)7-14-12(15-11)8-2-3-8/h7-9,13H,2-6H2,1H3. The molecule has 0 saturated heterocycles. The fourth-order valence-electron chi connectivity index (χ4n) is 2.45. The van der Waals surface area contributed by atoms with Crippen molar-refractivity contribution >= 4 is 0 Å². The summed E-state index contributed by atoms with van der Waals surface area (Å²) < 4.78 is 0. The predicted molar refractivity (Wildman–Crippen MR) is 59.0 cm³/mol. The van der Waals surface area contributed by atoms with Crippen LogP contribution < -0.4 is 5.32 Å². The molecule has 0 amide bonds. The molecule has 1 fully saturated rings. The van der Waals surface area contributed by atoms with Gasteiger partial charge in [0.05, 0.1) is 0 Å². The minimum Gasteiger partial charge on any atom is -0.319 e. The van der Waals surface area contributed by atoms with E-state index in [0.29, 0.717) is 11.8 Å². The van der Waals surface area contributed by atoms with Crippen LogP contribution in [0.25, 0.3) is 0 Å². The van der Waals surface area contributed by atoms with Crippen LogP contribution in [0.2, 0.25) is 0 Å². The summed E-state index contributed by atoms with van der Waals surface area (Å²) in [5.41, 5.74) is 2.70. The molecule has 1 atom stereocenters. The summed E-state index contributed by atoms with van der Waals surface area (Å²) >= 11 is 0. The van der Waals surface area contributed by atoms with Crippen LogP contribution >= 0.6 is 0 Å². The number of nitrogens with zero attached hydrogens (tertiary/aromatic N) is 2. The molecule has 1 heterocycles. The van der Waals surface area contributed by atoms with E-state index < -0.39 is 0 Å². The number of aryl methyl sites for hydroxylation is 1. The van der Waals surface area contributed by atoms with Crippen LogP contribution in [-0.2, 0) is 6.42 Å². The van der Waals surface area contributed by atoms with Gasteiger partial charge in [0.2, 0.25) is 0 Å². The van der Waals surface area contributed by atoms with Gasteiger partial charge in [0.15, 0.2) is 0 Å². The molecule has 3 nitrogen and oxygen atoms in total. The Hall–Kier alpha value is -0.960. The second-order valence-corrected chi connectivity index (χ2v) is 4.70. The van der Waals surface area contributed by atoms with Gasteiger partial charge in [-0.25, -0.2) is 9.97 Å². The van der Waals surface area contributed by atoms with Gasteiger partial charge in [-0.1, -0.05) is 0 Å². The zero-order valence-corrected chi connectivity index (χ0v) is 9.16. The molecular formula is C12H17N3. The molecule has 2 aliphatic rings. The van der Waals surface area contributed by atoms with Crippen molar-refractivity contribution in [1.82, 2.24) is 15.3 Å². The number of aromatic nitrogens is 2. The monoisotopic (exact) mass is 203 g/mol. The summed E-state index contributed by atoms with van der Waals surface area (Å²) in [7, 11) is 2.01. The molecule has 0 bridgehead atoms. The number of likely N-dealkylation sites (N-methyl/N-ethyl adjacent to an activating group) is 1. The number of hydrogen-bond acceptors (Lipinski definition) is 3. The van der Waals surface area contributed by atoms with Crippen molar-refractivity contribution < 1.29 is 0 Å². The smallest absolute Gasteiger partial charge is 0.131 e. The van der Waals surface area contributed by atoms with Gasteiger partial charge in [-0.2, -0.15) is 0 Å². The molecule has 1 aromatic rings. The lowest BCUT2D eigenvalue weighted by Gasteiger charge is -2.09. The molecule has 1 unspecified atom stereocenters. The maximum atomic E-state index is 4.71. The second kappa shape index (κ2) is 3.56. The average Bonchev–Trinajstić information content (AvgIpc) is 3.03. The number of rotatable bonds is 3. The van der Waals surface area contributed by atoms with Crippen LogP contribution in [0.3, 0.4) is 0 Å². The molecule has 3 heteroatoms. The van der Waals surface area contributed by atoms with Crippen molar-refractivity contribution in [3.8, 4) is 0 Å². The fourth-order valence-corrected chi connectivity index (χ4v) is 2.45. The summed E-state index contributed by atoms with van der Waals surface area (Å²) in [5, 5.41) is 3.24. The average molecular weight is 203 g/mol. The lowest BCUT2D eigenvalue weighted by Crippen LogP contribution is -2.15.